The monoisotopic (exact) mass is 846 g/mol. The number of halogens is 3. The third-order valence-corrected chi connectivity index (χ3v) is 6.76. The molecule has 18 heteroatoms. The molecule has 0 atom stereocenters. The van der Waals surface area contributed by atoms with Gasteiger partial charge in [-0.05, 0) is 60.0 Å². The molecule has 3 aromatic carbocycles. The minimum absolute atomic E-state index is 0. The number of hydrogen-bond donors (Lipinski definition) is 3. The first-order valence-corrected chi connectivity index (χ1v) is 15.1. The van der Waals surface area contributed by atoms with Crippen molar-refractivity contribution >= 4 is 53.2 Å². The third-order valence-electron chi connectivity index (χ3n) is 6.05. The van der Waals surface area contributed by atoms with Crippen LogP contribution in [0.25, 0.3) is 0 Å². The quantitative estimate of drug-likeness (QED) is 0.199. The third kappa shape index (κ3) is 19.8. The number of aliphatic hydroxyl groups is 3. The van der Waals surface area contributed by atoms with Crippen LogP contribution in [0.3, 0.4) is 0 Å². The number of rotatable bonds is 9. The van der Waals surface area contributed by atoms with E-state index in [1.165, 1.54) is 30.6 Å². The van der Waals surface area contributed by atoms with Crippen LogP contribution >= 0.6 is 34.8 Å². The molecule has 0 unspecified atom stereocenters. The van der Waals surface area contributed by atoms with Crippen molar-refractivity contribution in [3.63, 3.8) is 0 Å². The van der Waals surface area contributed by atoms with Crippen LogP contribution in [-0.4, -0.2) is 110 Å². The second kappa shape index (κ2) is 31.2. The molecule has 13 nitrogen and oxygen atoms in total. The van der Waals surface area contributed by atoms with E-state index in [9.17, 15) is 15.3 Å². The number of aliphatic imine (C=N–C) groups is 2. The number of carbonyl (C=O) groups excluding carboxylic acids is 1. The number of aliphatic hydroxyl groups excluding tert-OH is 3. The van der Waals surface area contributed by atoms with E-state index in [1.807, 2.05) is 0 Å². The van der Waals surface area contributed by atoms with Crippen LogP contribution in [-0.2, 0) is 37.8 Å². The van der Waals surface area contributed by atoms with Crippen molar-refractivity contribution in [2.75, 3.05) is 60.6 Å². The van der Waals surface area contributed by atoms with Crippen LogP contribution in [0.5, 0.6) is 17.2 Å². The van der Waals surface area contributed by atoms with Crippen LogP contribution in [0.1, 0.15) is 29.8 Å². The van der Waals surface area contributed by atoms with Crippen molar-refractivity contribution in [1.82, 2.24) is 9.80 Å². The average Bonchev–Trinajstić information content (AvgIpc) is 3.46. The topological polar surface area (TPSA) is 233 Å². The molecular formula is C32H41Cl3N4Ni2O9+2. The number of benzene rings is 3. The fourth-order valence-corrected chi connectivity index (χ4v) is 4.80. The maximum atomic E-state index is 12.8. The summed E-state index contributed by atoms with van der Waals surface area (Å²) in [6, 6.07) is 13.9. The number of carboxylic acid groups (broad SMARTS) is 1. The van der Waals surface area contributed by atoms with Crippen molar-refractivity contribution < 1.29 is 79.0 Å². The molecule has 1 heterocycles. The molecule has 4 rings (SSSR count). The number of carboxylic acids is 1. The molecule has 3 aromatic rings. The Morgan fingerprint density at radius 3 is 1.40 bits per heavy atom. The molecule has 0 aliphatic carbocycles. The summed E-state index contributed by atoms with van der Waals surface area (Å²) < 4.78 is 0. The second-order valence-electron chi connectivity index (χ2n) is 9.05. The molecule has 1 aliphatic heterocycles. The van der Waals surface area contributed by atoms with Crippen LogP contribution in [0.2, 0.25) is 15.1 Å². The fourth-order valence-electron chi connectivity index (χ4n) is 4.25. The van der Waals surface area contributed by atoms with Gasteiger partial charge in [-0.25, -0.2) is 0 Å². The van der Waals surface area contributed by atoms with E-state index in [-0.39, 0.29) is 61.9 Å². The van der Waals surface area contributed by atoms with Gasteiger partial charge < -0.3 is 46.0 Å². The van der Waals surface area contributed by atoms with Gasteiger partial charge in [0.05, 0.1) is 19.3 Å². The number of hydrogen-bond acceptors (Lipinski definition) is 12. The van der Waals surface area contributed by atoms with Crippen LogP contribution < -0.4 is 20.4 Å². The zero-order chi connectivity index (χ0) is 35.9. The van der Waals surface area contributed by atoms with Gasteiger partial charge in [0.2, 0.25) is 0 Å². The Morgan fingerprint density at radius 1 is 0.720 bits per heavy atom. The molecule has 0 spiro atoms. The number of nitrogens with zero attached hydrogens (tertiary/aromatic N) is 4. The van der Waals surface area contributed by atoms with Crippen molar-refractivity contribution in [2.24, 2.45) is 9.98 Å². The molecule has 282 valence electrons. The van der Waals surface area contributed by atoms with Crippen molar-refractivity contribution in [3.05, 3.63) is 86.4 Å². The standard InChI is InChI=1S/C27H27Cl3N4O3.C2H4O2.3CH4O.2Ni.H2O/c28-20-1-4-24(35)18(13-20)16-31-7-9-33-11-12-34(27(33)23-15-22(30)3-6-26(23)37)10-8-32-17-19-14-21(29)2-5-25(19)36;1-2(3)4;3*1-2;;;/h1-6,13-17,27,35-37H,7-12H2;1H3,(H,3,4);3*2H,1H3;;;1H2/q;;;;;2*+3;/p-4. The summed E-state index contributed by atoms with van der Waals surface area (Å²) in [5, 5.41) is 68.0. The Bertz CT molecular complexity index is 1350. The average molecular weight is 849 g/mol. The first-order chi connectivity index (χ1) is 22.5. The van der Waals surface area contributed by atoms with Gasteiger partial charge in [0.1, 0.15) is 0 Å². The Labute approximate surface area is 327 Å². The van der Waals surface area contributed by atoms with Gasteiger partial charge >= 0.3 is 33.0 Å². The van der Waals surface area contributed by atoms with Gasteiger partial charge in [-0.1, -0.05) is 64.5 Å². The van der Waals surface area contributed by atoms with E-state index in [4.69, 9.17) is 60.0 Å². The Morgan fingerprint density at radius 2 is 1.04 bits per heavy atom. The summed E-state index contributed by atoms with van der Waals surface area (Å²) in [6.07, 6.45) is 2.77. The summed E-state index contributed by atoms with van der Waals surface area (Å²) in [6.45, 7) is 4.43. The number of carbonyl (C=O) groups is 1. The van der Waals surface area contributed by atoms with E-state index in [1.54, 1.807) is 36.4 Å². The van der Waals surface area contributed by atoms with Gasteiger partial charge in [-0.2, -0.15) is 0 Å². The van der Waals surface area contributed by atoms with E-state index >= 15 is 0 Å². The smallest absolute Gasteiger partial charge is 0.872 e. The van der Waals surface area contributed by atoms with Crippen LogP contribution in [0.15, 0.2) is 64.6 Å². The predicted octanol–water partition coefficient (Wildman–Crippen LogP) is 0.474. The molecule has 0 aromatic heterocycles. The summed E-state index contributed by atoms with van der Waals surface area (Å²) in [5.74, 6) is -1.46. The maximum absolute atomic E-state index is 12.8. The first kappa shape index (κ1) is 54.3. The fraction of sp³-hybridized carbons (Fsp3) is 0.344. The molecule has 1 saturated heterocycles. The predicted molar refractivity (Wildman–Crippen MR) is 182 cm³/mol. The van der Waals surface area contributed by atoms with Crippen LogP contribution in [0.4, 0.5) is 0 Å². The van der Waals surface area contributed by atoms with E-state index in [0.717, 1.165) is 41.3 Å². The van der Waals surface area contributed by atoms with Gasteiger partial charge in [-0.3, -0.25) is 19.8 Å². The first-order valence-electron chi connectivity index (χ1n) is 13.9. The molecule has 2 radical (unpaired) electrons. The molecule has 0 bridgehead atoms. The summed E-state index contributed by atoms with van der Waals surface area (Å²) >= 11 is 18.2. The van der Waals surface area contributed by atoms with Gasteiger partial charge in [0.15, 0.2) is 0 Å². The van der Waals surface area contributed by atoms with Gasteiger partial charge in [0, 0.05) is 81.0 Å². The normalized spacial score (nSPS) is 13.4. The van der Waals surface area contributed by atoms with Crippen LogP contribution in [0, 0.1) is 0 Å². The second-order valence-corrected chi connectivity index (χ2v) is 10.4. The largest absolute Gasteiger partial charge is 3.00 e. The van der Waals surface area contributed by atoms with Crippen molar-refractivity contribution in [1.29, 1.82) is 0 Å². The van der Waals surface area contributed by atoms with E-state index in [2.05, 4.69) is 19.8 Å². The summed E-state index contributed by atoms with van der Waals surface area (Å²) in [7, 11) is 3.00. The molecule has 1 fully saturated rings. The zero-order valence-electron chi connectivity index (χ0n) is 27.6. The number of aliphatic carboxylic acids is 1. The summed E-state index contributed by atoms with van der Waals surface area (Å²) in [4.78, 5) is 22.0. The summed E-state index contributed by atoms with van der Waals surface area (Å²) in [5.41, 5.74) is 1.46. The molecule has 1 aliphatic rings. The van der Waals surface area contributed by atoms with Crippen molar-refractivity contribution in [2.45, 2.75) is 13.1 Å². The SMILES string of the molecule is CC(=O)[O-].CO.CO.CO.O.[Ni+3].[Ni+3].[O-]c1ccc(Cl)cc1C=NCCN1CCN(CCN=Cc2cc(Cl)ccc2[O-])C1c1cc(Cl)ccc1[O-]. The molecule has 0 saturated carbocycles. The Kier molecular flexibility index (Phi) is 33.9. The van der Waals surface area contributed by atoms with Gasteiger partial charge in [0.25, 0.3) is 0 Å². The molecular weight excluding hydrogens is 808 g/mol. The van der Waals surface area contributed by atoms with E-state index in [0.29, 0.717) is 57.9 Å². The van der Waals surface area contributed by atoms with Gasteiger partial charge in [-0.15, -0.1) is 5.75 Å². The molecule has 0 amide bonds. The van der Waals surface area contributed by atoms with E-state index < -0.39 is 5.97 Å². The zero-order valence-corrected chi connectivity index (χ0v) is 31.9. The maximum Gasteiger partial charge on any atom is 3.00 e. The molecule has 5 N–H and O–H groups in total. The Hall–Kier alpha value is -2.51. The van der Waals surface area contributed by atoms with Crippen molar-refractivity contribution in [3.8, 4) is 17.2 Å². The minimum Gasteiger partial charge on any atom is -0.872 e. The minimum atomic E-state index is -1.08. The Balaban J connectivity index is -0.000000737. The molecule has 50 heavy (non-hydrogen) atoms.